The smallest absolute Gasteiger partial charge is 0.280 e. The third kappa shape index (κ3) is 4.21. The van der Waals surface area contributed by atoms with Crippen molar-refractivity contribution in [2.45, 2.75) is 40.3 Å². The number of nitrogens with two attached hydrogens (primary N) is 1. The first-order valence-electron chi connectivity index (χ1n) is 10.1. The Labute approximate surface area is 191 Å². The van der Waals surface area contributed by atoms with Gasteiger partial charge in [0.15, 0.2) is 0 Å². The van der Waals surface area contributed by atoms with Gasteiger partial charge < -0.3 is 11.1 Å². The van der Waals surface area contributed by atoms with E-state index < -0.39 is 23.9 Å². The zero-order valence-corrected chi connectivity index (χ0v) is 18.9. The van der Waals surface area contributed by atoms with E-state index in [0.717, 1.165) is 22.7 Å². The Bertz CT molecular complexity index is 1370. The van der Waals surface area contributed by atoms with Gasteiger partial charge in [-0.2, -0.15) is 10.2 Å². The lowest BCUT2D eigenvalue weighted by molar-refractivity contribution is -0.116. The molecule has 12 heteroatoms. The minimum Gasteiger partial charge on any atom is -0.365 e. The molecule has 0 aliphatic rings. The second kappa shape index (κ2) is 8.70. The molecular formula is C21H21F2N7O2S. The fraction of sp³-hybridized carbons (Fsp3) is 0.286. The maximum absolute atomic E-state index is 13.6. The molecule has 0 aliphatic carbocycles. The molecule has 172 valence electrons. The molecule has 4 rings (SSSR count). The first kappa shape index (κ1) is 22.5. The largest absolute Gasteiger partial charge is 0.365 e. The highest BCUT2D eigenvalue weighted by Gasteiger charge is 2.26. The first-order valence-corrected chi connectivity index (χ1v) is 10.9. The van der Waals surface area contributed by atoms with Crippen molar-refractivity contribution in [3.05, 3.63) is 46.5 Å². The number of carbonyl (C=O) groups excluding carboxylic acids is 2. The van der Waals surface area contributed by atoms with E-state index in [0.29, 0.717) is 23.1 Å². The van der Waals surface area contributed by atoms with Crippen LogP contribution in [0.15, 0.2) is 24.5 Å². The van der Waals surface area contributed by atoms with Gasteiger partial charge in [0.25, 0.3) is 12.3 Å². The standard InChI is InChI=1S/C21H21F2N7O2S/c1-4-30-11(3)13(8-25-30)12-7-14(19(22)23)26-21-16(12)17(18(33-21)20(24)32)27-15(31)9-29-6-5-10(2)28-29/h5-8,19H,4,9H2,1-3H3,(H2,24,32)(H,27,31). The van der Waals surface area contributed by atoms with Crippen molar-refractivity contribution in [3.8, 4) is 11.1 Å². The van der Waals surface area contributed by atoms with Gasteiger partial charge in [0.2, 0.25) is 5.91 Å². The van der Waals surface area contributed by atoms with Crippen LogP contribution in [0.2, 0.25) is 0 Å². The van der Waals surface area contributed by atoms with Crippen LogP contribution in [-0.4, -0.2) is 36.4 Å². The van der Waals surface area contributed by atoms with Crippen LogP contribution in [-0.2, 0) is 17.9 Å². The molecule has 0 aliphatic heterocycles. The van der Waals surface area contributed by atoms with Gasteiger partial charge in [-0.05, 0) is 38.5 Å². The van der Waals surface area contributed by atoms with E-state index in [9.17, 15) is 18.4 Å². The highest BCUT2D eigenvalue weighted by Crippen LogP contribution is 2.43. The number of aryl methyl sites for hydroxylation is 2. The van der Waals surface area contributed by atoms with E-state index in [4.69, 9.17) is 5.73 Å². The van der Waals surface area contributed by atoms with Crippen molar-refractivity contribution in [1.29, 1.82) is 0 Å². The van der Waals surface area contributed by atoms with Crippen molar-refractivity contribution >= 4 is 39.1 Å². The number of pyridine rings is 1. The summed E-state index contributed by atoms with van der Waals surface area (Å²) in [6, 6.07) is 3.02. The summed E-state index contributed by atoms with van der Waals surface area (Å²) < 4.78 is 30.4. The van der Waals surface area contributed by atoms with Crippen LogP contribution in [0, 0.1) is 13.8 Å². The zero-order chi connectivity index (χ0) is 23.9. The molecule has 33 heavy (non-hydrogen) atoms. The quantitative estimate of drug-likeness (QED) is 0.424. The minimum atomic E-state index is -2.82. The molecule has 0 fully saturated rings. The van der Waals surface area contributed by atoms with Crippen LogP contribution in [0.3, 0.4) is 0 Å². The van der Waals surface area contributed by atoms with Gasteiger partial charge in [-0.25, -0.2) is 13.8 Å². The molecule has 4 aromatic heterocycles. The molecule has 0 spiro atoms. The molecule has 0 bridgehead atoms. The van der Waals surface area contributed by atoms with Gasteiger partial charge in [-0.15, -0.1) is 11.3 Å². The van der Waals surface area contributed by atoms with Crippen LogP contribution >= 0.6 is 11.3 Å². The average molecular weight is 474 g/mol. The molecule has 2 amide bonds. The number of fused-ring (bicyclic) bond motifs is 1. The highest BCUT2D eigenvalue weighted by molar-refractivity contribution is 7.21. The molecular weight excluding hydrogens is 452 g/mol. The number of aromatic nitrogens is 5. The Morgan fingerprint density at radius 1 is 1.27 bits per heavy atom. The van der Waals surface area contributed by atoms with E-state index in [1.54, 1.807) is 30.1 Å². The fourth-order valence-corrected chi connectivity index (χ4v) is 4.66. The van der Waals surface area contributed by atoms with Gasteiger partial charge >= 0.3 is 0 Å². The van der Waals surface area contributed by atoms with Crippen LogP contribution < -0.4 is 11.1 Å². The molecule has 9 nitrogen and oxygen atoms in total. The number of nitrogens with one attached hydrogen (secondary N) is 1. The third-order valence-electron chi connectivity index (χ3n) is 5.17. The monoisotopic (exact) mass is 473 g/mol. The molecule has 0 saturated carbocycles. The SMILES string of the molecule is CCn1ncc(-c2cc(C(F)F)nc3sc(C(N)=O)c(NC(=O)Cn4ccc(C)n4)c23)c1C. The van der Waals surface area contributed by atoms with Gasteiger partial charge in [0, 0.05) is 29.4 Å². The number of primary amides is 1. The predicted molar refractivity (Wildman–Crippen MR) is 120 cm³/mol. The maximum Gasteiger partial charge on any atom is 0.280 e. The van der Waals surface area contributed by atoms with Gasteiger partial charge in [-0.3, -0.25) is 19.0 Å². The summed E-state index contributed by atoms with van der Waals surface area (Å²) in [5.41, 5.74) is 7.75. The summed E-state index contributed by atoms with van der Waals surface area (Å²) in [5.74, 6) is -1.25. The molecule has 0 saturated heterocycles. The number of anilines is 1. The normalized spacial score (nSPS) is 11.5. The van der Waals surface area contributed by atoms with Crippen molar-refractivity contribution < 1.29 is 18.4 Å². The van der Waals surface area contributed by atoms with E-state index in [1.807, 2.05) is 13.8 Å². The molecule has 0 atom stereocenters. The summed E-state index contributed by atoms with van der Waals surface area (Å²) >= 11 is 0.860. The topological polar surface area (TPSA) is 121 Å². The lowest BCUT2D eigenvalue weighted by Gasteiger charge is -2.11. The van der Waals surface area contributed by atoms with Crippen LogP contribution in [0.4, 0.5) is 14.5 Å². The molecule has 3 N–H and O–H groups in total. The molecule has 0 unspecified atom stereocenters. The number of halogens is 2. The number of rotatable bonds is 7. The van der Waals surface area contributed by atoms with Crippen molar-refractivity contribution in [3.63, 3.8) is 0 Å². The molecule has 0 aromatic carbocycles. The van der Waals surface area contributed by atoms with Crippen LogP contribution in [0.1, 0.15) is 40.1 Å². The summed E-state index contributed by atoms with van der Waals surface area (Å²) in [4.78, 5) is 29.2. The lowest BCUT2D eigenvalue weighted by atomic mass is 10.0. The first-order chi connectivity index (χ1) is 15.7. The zero-order valence-electron chi connectivity index (χ0n) is 18.1. The predicted octanol–water partition coefficient (Wildman–Crippen LogP) is 3.67. The number of hydrogen-bond acceptors (Lipinski definition) is 6. The summed E-state index contributed by atoms with van der Waals surface area (Å²) in [6.07, 6.45) is 0.401. The number of amides is 2. The van der Waals surface area contributed by atoms with Gasteiger partial charge in [0.1, 0.15) is 21.9 Å². The summed E-state index contributed by atoms with van der Waals surface area (Å²) in [6.45, 7) is 6.01. The lowest BCUT2D eigenvalue weighted by Crippen LogP contribution is -2.21. The highest BCUT2D eigenvalue weighted by atomic mass is 32.1. The Balaban J connectivity index is 1.90. The van der Waals surface area contributed by atoms with Gasteiger partial charge in [-0.1, -0.05) is 0 Å². The number of thiophene rings is 1. The Morgan fingerprint density at radius 3 is 2.61 bits per heavy atom. The molecule has 4 heterocycles. The van der Waals surface area contributed by atoms with E-state index in [1.165, 1.54) is 10.7 Å². The summed E-state index contributed by atoms with van der Waals surface area (Å²) in [5, 5.41) is 11.6. The summed E-state index contributed by atoms with van der Waals surface area (Å²) in [7, 11) is 0. The average Bonchev–Trinajstić information content (AvgIpc) is 3.44. The Hall–Kier alpha value is -3.67. The van der Waals surface area contributed by atoms with Crippen molar-refractivity contribution in [2.24, 2.45) is 5.73 Å². The molecule has 0 radical (unpaired) electrons. The van der Waals surface area contributed by atoms with Gasteiger partial charge in [0.05, 0.1) is 17.6 Å². The number of alkyl halides is 2. The maximum atomic E-state index is 13.6. The van der Waals surface area contributed by atoms with Crippen molar-refractivity contribution in [2.75, 3.05) is 5.32 Å². The van der Waals surface area contributed by atoms with E-state index in [2.05, 4.69) is 20.5 Å². The number of nitrogens with zero attached hydrogens (tertiary/aromatic N) is 5. The Morgan fingerprint density at radius 2 is 2.03 bits per heavy atom. The van der Waals surface area contributed by atoms with E-state index >= 15 is 0 Å². The van der Waals surface area contributed by atoms with E-state index in [-0.39, 0.29) is 21.9 Å². The van der Waals surface area contributed by atoms with Crippen LogP contribution in [0.5, 0.6) is 0 Å². The second-order valence-corrected chi connectivity index (χ2v) is 8.41. The Kier molecular flexibility index (Phi) is 5.93. The minimum absolute atomic E-state index is 0.0238. The van der Waals surface area contributed by atoms with Crippen LogP contribution in [0.25, 0.3) is 21.3 Å². The number of carbonyl (C=O) groups is 2. The third-order valence-corrected chi connectivity index (χ3v) is 6.26. The second-order valence-electron chi connectivity index (χ2n) is 7.41. The van der Waals surface area contributed by atoms with Crippen molar-refractivity contribution in [1.82, 2.24) is 24.5 Å². The fourth-order valence-electron chi connectivity index (χ4n) is 3.64. The number of hydrogen-bond donors (Lipinski definition) is 2. The molecule has 4 aromatic rings.